The molecule has 0 spiro atoms. The van der Waals surface area contributed by atoms with Crippen molar-refractivity contribution in [1.82, 2.24) is 20.0 Å². The summed E-state index contributed by atoms with van der Waals surface area (Å²) in [5, 5.41) is 6.91. The maximum Gasteiger partial charge on any atom is 0.274 e. The number of hydrogen-bond acceptors (Lipinski definition) is 5. The van der Waals surface area contributed by atoms with E-state index in [-0.39, 0.29) is 17.9 Å². The molecule has 0 bridgehead atoms. The quantitative estimate of drug-likeness (QED) is 0.901. The fourth-order valence-corrected chi connectivity index (χ4v) is 3.26. The second-order valence-electron chi connectivity index (χ2n) is 6.26. The highest BCUT2D eigenvalue weighted by Crippen LogP contribution is 2.20. The van der Waals surface area contributed by atoms with E-state index in [1.165, 1.54) is 0 Å². The summed E-state index contributed by atoms with van der Waals surface area (Å²) in [5.74, 6) is 0.543. The first kappa shape index (κ1) is 15.9. The first-order chi connectivity index (χ1) is 12.2. The van der Waals surface area contributed by atoms with Gasteiger partial charge in [-0.15, -0.1) is 0 Å². The van der Waals surface area contributed by atoms with E-state index >= 15 is 0 Å². The fourth-order valence-electron chi connectivity index (χ4n) is 3.26. The SMILES string of the molecule is O=C(c1cc(-c2ccco2)[nH]n1)N1CCN(C(=O)C2CCCO2)CC1. The standard InChI is InChI=1S/C17H20N4O4/c22-16(13-11-12(18-19-13)14-3-1-9-24-14)20-5-7-21(8-6-20)17(23)15-4-2-10-25-15/h1,3,9,11,15H,2,4-8,10H2,(H,18,19). The second kappa shape index (κ2) is 6.72. The molecule has 1 unspecified atom stereocenters. The first-order valence-electron chi connectivity index (χ1n) is 8.51. The van der Waals surface area contributed by atoms with Crippen molar-refractivity contribution in [2.24, 2.45) is 0 Å². The number of hydrogen-bond donors (Lipinski definition) is 1. The summed E-state index contributed by atoms with van der Waals surface area (Å²) in [6.45, 7) is 2.71. The van der Waals surface area contributed by atoms with E-state index in [2.05, 4.69) is 10.2 Å². The number of rotatable bonds is 3. The maximum atomic E-state index is 12.6. The van der Waals surface area contributed by atoms with Crippen LogP contribution in [-0.4, -0.2) is 70.7 Å². The van der Waals surface area contributed by atoms with Gasteiger partial charge in [-0.1, -0.05) is 0 Å². The van der Waals surface area contributed by atoms with E-state index in [1.807, 2.05) is 0 Å². The number of carbonyl (C=O) groups excluding carboxylic acids is 2. The van der Waals surface area contributed by atoms with Gasteiger partial charge in [0.05, 0.1) is 6.26 Å². The number of H-pyrrole nitrogens is 1. The van der Waals surface area contributed by atoms with Crippen LogP contribution in [0, 0.1) is 0 Å². The number of nitrogens with zero attached hydrogens (tertiary/aromatic N) is 3. The topological polar surface area (TPSA) is 91.7 Å². The lowest BCUT2D eigenvalue weighted by atomic mass is 10.2. The third-order valence-electron chi connectivity index (χ3n) is 4.67. The molecular weight excluding hydrogens is 324 g/mol. The molecule has 2 aromatic rings. The zero-order valence-electron chi connectivity index (χ0n) is 13.8. The molecule has 2 aromatic heterocycles. The first-order valence-corrected chi connectivity index (χ1v) is 8.51. The lowest BCUT2D eigenvalue weighted by Gasteiger charge is -2.35. The van der Waals surface area contributed by atoms with Crippen molar-refractivity contribution >= 4 is 11.8 Å². The number of furan rings is 1. The fraction of sp³-hybridized carbons (Fsp3) is 0.471. The van der Waals surface area contributed by atoms with E-state index in [0.717, 1.165) is 12.8 Å². The molecule has 2 aliphatic heterocycles. The number of ether oxygens (including phenoxy) is 1. The molecule has 8 nitrogen and oxygen atoms in total. The van der Waals surface area contributed by atoms with Crippen LogP contribution in [0.5, 0.6) is 0 Å². The van der Waals surface area contributed by atoms with E-state index in [1.54, 1.807) is 34.3 Å². The summed E-state index contributed by atoms with van der Waals surface area (Å²) in [4.78, 5) is 28.5. The van der Waals surface area contributed by atoms with Crippen LogP contribution in [0.4, 0.5) is 0 Å². The van der Waals surface area contributed by atoms with Gasteiger partial charge in [0.15, 0.2) is 11.5 Å². The Morgan fingerprint density at radius 3 is 2.68 bits per heavy atom. The average molecular weight is 344 g/mol. The largest absolute Gasteiger partial charge is 0.463 e. The number of aromatic amines is 1. The van der Waals surface area contributed by atoms with Crippen LogP contribution in [0.3, 0.4) is 0 Å². The highest BCUT2D eigenvalue weighted by atomic mass is 16.5. The minimum atomic E-state index is -0.301. The summed E-state index contributed by atoms with van der Waals surface area (Å²) < 4.78 is 10.8. The highest BCUT2D eigenvalue weighted by Gasteiger charge is 2.32. The molecule has 25 heavy (non-hydrogen) atoms. The Bertz CT molecular complexity index is 741. The summed E-state index contributed by atoms with van der Waals surface area (Å²) in [7, 11) is 0. The van der Waals surface area contributed by atoms with Crippen molar-refractivity contribution in [3.8, 4) is 11.5 Å². The van der Waals surface area contributed by atoms with Gasteiger partial charge in [0.2, 0.25) is 0 Å². The zero-order chi connectivity index (χ0) is 17.2. The summed E-state index contributed by atoms with van der Waals surface area (Å²) in [6, 6.07) is 5.27. The van der Waals surface area contributed by atoms with Gasteiger partial charge >= 0.3 is 0 Å². The van der Waals surface area contributed by atoms with Crippen LogP contribution >= 0.6 is 0 Å². The van der Waals surface area contributed by atoms with Crippen LogP contribution in [0.1, 0.15) is 23.3 Å². The molecule has 2 fully saturated rings. The molecule has 8 heteroatoms. The highest BCUT2D eigenvalue weighted by molar-refractivity contribution is 5.93. The van der Waals surface area contributed by atoms with Crippen molar-refractivity contribution in [1.29, 1.82) is 0 Å². The molecule has 0 aliphatic carbocycles. The molecule has 2 amide bonds. The predicted octanol–water partition coefficient (Wildman–Crippen LogP) is 1.13. The average Bonchev–Trinajstić information content (AvgIpc) is 3.42. The normalized spacial score (nSPS) is 20.9. The van der Waals surface area contributed by atoms with Gasteiger partial charge in [0, 0.05) is 38.9 Å². The molecule has 1 atom stereocenters. The van der Waals surface area contributed by atoms with Gasteiger partial charge in [-0.3, -0.25) is 14.7 Å². The minimum absolute atomic E-state index is 0.0458. The Balaban J connectivity index is 1.36. The molecule has 0 aromatic carbocycles. The molecule has 1 N–H and O–H groups in total. The van der Waals surface area contributed by atoms with Crippen LogP contribution in [0.25, 0.3) is 11.5 Å². The Kier molecular flexibility index (Phi) is 4.27. The molecule has 4 heterocycles. The van der Waals surface area contributed by atoms with Gasteiger partial charge in [-0.05, 0) is 25.0 Å². The zero-order valence-corrected chi connectivity index (χ0v) is 13.8. The molecule has 2 saturated heterocycles. The van der Waals surface area contributed by atoms with Gasteiger partial charge < -0.3 is 19.0 Å². The molecule has 0 saturated carbocycles. The third-order valence-corrected chi connectivity index (χ3v) is 4.67. The van der Waals surface area contributed by atoms with Crippen LogP contribution < -0.4 is 0 Å². The summed E-state index contributed by atoms with van der Waals surface area (Å²) in [6.07, 6.45) is 3.00. The molecule has 4 rings (SSSR count). The van der Waals surface area contributed by atoms with E-state index in [9.17, 15) is 9.59 Å². The van der Waals surface area contributed by atoms with E-state index in [0.29, 0.717) is 49.9 Å². The Morgan fingerprint density at radius 2 is 2.00 bits per heavy atom. The monoisotopic (exact) mass is 344 g/mol. The molecular formula is C17H20N4O4. The van der Waals surface area contributed by atoms with Crippen LogP contribution in [0.2, 0.25) is 0 Å². The van der Waals surface area contributed by atoms with Crippen LogP contribution in [-0.2, 0) is 9.53 Å². The Labute approximate surface area is 144 Å². The molecule has 132 valence electrons. The lowest BCUT2D eigenvalue weighted by Crippen LogP contribution is -2.52. The smallest absolute Gasteiger partial charge is 0.274 e. The van der Waals surface area contributed by atoms with Crippen molar-refractivity contribution in [3.05, 3.63) is 30.2 Å². The van der Waals surface area contributed by atoms with Crippen molar-refractivity contribution in [2.45, 2.75) is 18.9 Å². The Morgan fingerprint density at radius 1 is 1.20 bits per heavy atom. The molecule has 0 radical (unpaired) electrons. The Hall–Kier alpha value is -2.61. The lowest BCUT2D eigenvalue weighted by molar-refractivity contribution is -0.142. The number of amides is 2. The van der Waals surface area contributed by atoms with Crippen molar-refractivity contribution in [3.63, 3.8) is 0 Å². The van der Waals surface area contributed by atoms with Gasteiger partial charge in [0.1, 0.15) is 11.8 Å². The van der Waals surface area contributed by atoms with E-state index in [4.69, 9.17) is 9.15 Å². The van der Waals surface area contributed by atoms with Gasteiger partial charge in [-0.2, -0.15) is 5.10 Å². The van der Waals surface area contributed by atoms with Gasteiger partial charge in [-0.25, -0.2) is 0 Å². The molecule has 2 aliphatic rings. The number of nitrogens with one attached hydrogen (secondary N) is 1. The van der Waals surface area contributed by atoms with Crippen molar-refractivity contribution in [2.75, 3.05) is 32.8 Å². The summed E-state index contributed by atoms with van der Waals surface area (Å²) >= 11 is 0. The third kappa shape index (κ3) is 3.17. The number of piperazine rings is 1. The van der Waals surface area contributed by atoms with E-state index < -0.39 is 0 Å². The second-order valence-corrected chi connectivity index (χ2v) is 6.26. The maximum absolute atomic E-state index is 12.6. The summed E-state index contributed by atoms with van der Waals surface area (Å²) in [5.41, 5.74) is 1.02. The number of aromatic nitrogens is 2. The van der Waals surface area contributed by atoms with Gasteiger partial charge in [0.25, 0.3) is 11.8 Å². The minimum Gasteiger partial charge on any atom is -0.463 e. The van der Waals surface area contributed by atoms with Crippen LogP contribution in [0.15, 0.2) is 28.9 Å². The predicted molar refractivity (Wildman–Crippen MR) is 87.7 cm³/mol. The number of carbonyl (C=O) groups is 2. The van der Waals surface area contributed by atoms with Crippen molar-refractivity contribution < 1.29 is 18.7 Å².